The largest absolute Gasteiger partial charge is 0.394 e. The number of amides is 1. The summed E-state index contributed by atoms with van der Waals surface area (Å²) in [5, 5.41) is 54.3. The summed E-state index contributed by atoms with van der Waals surface area (Å²) >= 11 is 0. The molecule has 1 amide bonds. The van der Waals surface area contributed by atoms with Gasteiger partial charge in [-0.1, -0.05) is 224 Å². The summed E-state index contributed by atoms with van der Waals surface area (Å²) < 4.78 is 11.2. The van der Waals surface area contributed by atoms with Gasteiger partial charge < -0.3 is 40.3 Å². The maximum absolute atomic E-state index is 13.0. The number of aliphatic hydroxyl groups is 5. The van der Waals surface area contributed by atoms with Crippen LogP contribution in [0.15, 0.2) is 24.3 Å². The van der Waals surface area contributed by atoms with Crippen LogP contribution in [0.3, 0.4) is 0 Å². The van der Waals surface area contributed by atoms with Crippen molar-refractivity contribution in [2.75, 3.05) is 13.2 Å². The number of rotatable bonds is 45. The number of nitrogens with one attached hydrogen (secondary N) is 1. The third-order valence-corrected chi connectivity index (χ3v) is 12.8. The third kappa shape index (κ3) is 33.2. The lowest BCUT2D eigenvalue weighted by Gasteiger charge is -2.40. The number of unbranched alkanes of at least 4 members (excludes halogenated alkanes) is 33. The van der Waals surface area contributed by atoms with E-state index in [1.165, 1.54) is 193 Å². The molecule has 0 radical (unpaired) electrons. The Balaban J connectivity index is 2.25. The average molecular weight is 880 g/mol. The Morgan fingerprint density at radius 1 is 0.532 bits per heavy atom. The summed E-state index contributed by atoms with van der Waals surface area (Å²) in [4.78, 5) is 13.0. The van der Waals surface area contributed by atoms with Crippen molar-refractivity contribution in [1.29, 1.82) is 0 Å². The summed E-state index contributed by atoms with van der Waals surface area (Å²) in [6.45, 7) is 3.79. The van der Waals surface area contributed by atoms with Crippen LogP contribution in [-0.4, -0.2) is 87.5 Å². The molecule has 1 aliphatic rings. The van der Waals surface area contributed by atoms with Crippen LogP contribution < -0.4 is 5.32 Å². The second-order valence-corrected chi connectivity index (χ2v) is 18.7. The second kappa shape index (κ2) is 43.6. The predicted molar refractivity (Wildman–Crippen MR) is 258 cm³/mol. The molecule has 9 nitrogen and oxygen atoms in total. The Kier molecular flexibility index (Phi) is 41.2. The van der Waals surface area contributed by atoms with Gasteiger partial charge in [0.2, 0.25) is 5.91 Å². The molecule has 0 aromatic heterocycles. The van der Waals surface area contributed by atoms with E-state index in [9.17, 15) is 30.3 Å². The van der Waals surface area contributed by atoms with Crippen molar-refractivity contribution in [1.82, 2.24) is 5.32 Å². The highest BCUT2D eigenvalue weighted by atomic mass is 16.7. The summed E-state index contributed by atoms with van der Waals surface area (Å²) in [6, 6.07) is -0.804. The first kappa shape index (κ1) is 58.7. The lowest BCUT2D eigenvalue weighted by Crippen LogP contribution is -2.60. The number of carbonyl (C=O) groups is 1. The monoisotopic (exact) mass is 880 g/mol. The van der Waals surface area contributed by atoms with E-state index in [0.29, 0.717) is 6.42 Å². The van der Waals surface area contributed by atoms with Crippen molar-refractivity contribution in [3.05, 3.63) is 24.3 Å². The van der Waals surface area contributed by atoms with Gasteiger partial charge >= 0.3 is 0 Å². The summed E-state index contributed by atoms with van der Waals surface area (Å²) in [7, 11) is 0. The minimum absolute atomic E-state index is 0.178. The van der Waals surface area contributed by atoms with Gasteiger partial charge in [-0.15, -0.1) is 0 Å². The first-order chi connectivity index (χ1) is 30.3. The fraction of sp³-hybridized carbons (Fsp3) is 0.906. The smallest absolute Gasteiger partial charge is 0.220 e. The normalized spacial score (nSPS) is 20.4. The fourth-order valence-corrected chi connectivity index (χ4v) is 8.51. The maximum Gasteiger partial charge on any atom is 0.220 e. The van der Waals surface area contributed by atoms with E-state index in [4.69, 9.17) is 9.47 Å². The molecule has 0 spiro atoms. The minimum atomic E-state index is -1.56. The van der Waals surface area contributed by atoms with Gasteiger partial charge in [-0.05, 0) is 44.9 Å². The van der Waals surface area contributed by atoms with Crippen molar-refractivity contribution < 1.29 is 39.8 Å². The highest BCUT2D eigenvalue weighted by Crippen LogP contribution is 2.23. The molecule has 7 atom stereocenters. The molecule has 0 aliphatic carbocycles. The fourth-order valence-electron chi connectivity index (χ4n) is 8.51. The zero-order chi connectivity index (χ0) is 45.1. The zero-order valence-corrected chi connectivity index (χ0v) is 40.4. The van der Waals surface area contributed by atoms with Crippen LogP contribution >= 0.6 is 0 Å². The Morgan fingerprint density at radius 3 is 1.31 bits per heavy atom. The molecule has 0 aromatic rings. The lowest BCUT2D eigenvalue weighted by molar-refractivity contribution is -0.302. The molecule has 1 rings (SSSR count). The number of hydrogen-bond acceptors (Lipinski definition) is 8. The van der Waals surface area contributed by atoms with E-state index >= 15 is 0 Å². The molecule has 1 fully saturated rings. The van der Waals surface area contributed by atoms with Crippen molar-refractivity contribution in [2.45, 2.75) is 294 Å². The Bertz CT molecular complexity index is 1020. The van der Waals surface area contributed by atoms with Crippen LogP contribution in [0, 0.1) is 0 Å². The van der Waals surface area contributed by atoms with Gasteiger partial charge in [0.25, 0.3) is 0 Å². The van der Waals surface area contributed by atoms with Gasteiger partial charge in [0.1, 0.15) is 24.4 Å². The molecule has 0 saturated carbocycles. The van der Waals surface area contributed by atoms with Gasteiger partial charge in [0.05, 0.1) is 25.4 Å². The van der Waals surface area contributed by atoms with Crippen molar-refractivity contribution in [2.24, 2.45) is 0 Å². The number of aliphatic hydroxyl groups excluding tert-OH is 5. The van der Waals surface area contributed by atoms with Crippen LogP contribution in [0.1, 0.15) is 251 Å². The number of carbonyl (C=O) groups excluding carboxylic acids is 1. The topological polar surface area (TPSA) is 149 Å². The van der Waals surface area contributed by atoms with Crippen LogP contribution in [0.2, 0.25) is 0 Å². The Hall–Kier alpha value is -1.33. The number of hydrogen-bond donors (Lipinski definition) is 6. The van der Waals surface area contributed by atoms with Gasteiger partial charge in [-0.3, -0.25) is 4.79 Å². The molecular weight excluding hydrogens is 779 g/mol. The molecule has 1 aliphatic heterocycles. The molecule has 1 heterocycles. The van der Waals surface area contributed by atoms with Gasteiger partial charge in [-0.2, -0.15) is 0 Å². The van der Waals surface area contributed by atoms with Crippen LogP contribution in [0.5, 0.6) is 0 Å². The quantitative estimate of drug-likeness (QED) is 0.0262. The van der Waals surface area contributed by atoms with E-state index < -0.39 is 49.5 Å². The highest BCUT2D eigenvalue weighted by molar-refractivity contribution is 5.76. The van der Waals surface area contributed by atoms with Crippen LogP contribution in [-0.2, 0) is 14.3 Å². The molecule has 0 bridgehead atoms. The van der Waals surface area contributed by atoms with Gasteiger partial charge in [0, 0.05) is 6.42 Å². The molecule has 62 heavy (non-hydrogen) atoms. The van der Waals surface area contributed by atoms with E-state index in [2.05, 4.69) is 31.3 Å². The molecule has 7 unspecified atom stereocenters. The van der Waals surface area contributed by atoms with Crippen molar-refractivity contribution in [3.63, 3.8) is 0 Å². The van der Waals surface area contributed by atoms with E-state index in [-0.39, 0.29) is 12.5 Å². The van der Waals surface area contributed by atoms with E-state index in [1.54, 1.807) is 6.08 Å². The molecule has 366 valence electrons. The highest BCUT2D eigenvalue weighted by Gasteiger charge is 2.44. The molecule has 6 N–H and O–H groups in total. The lowest BCUT2D eigenvalue weighted by atomic mass is 9.99. The third-order valence-electron chi connectivity index (χ3n) is 12.8. The first-order valence-corrected chi connectivity index (χ1v) is 26.6. The predicted octanol–water partition coefficient (Wildman–Crippen LogP) is 12.2. The van der Waals surface area contributed by atoms with Gasteiger partial charge in [-0.25, -0.2) is 0 Å². The molecule has 1 saturated heterocycles. The van der Waals surface area contributed by atoms with Gasteiger partial charge in [0.15, 0.2) is 6.29 Å². The zero-order valence-electron chi connectivity index (χ0n) is 40.4. The number of allylic oxidation sites excluding steroid dienone is 3. The summed E-state index contributed by atoms with van der Waals surface area (Å²) in [5.74, 6) is -0.178. The SMILES string of the molecule is CCCCCCCCCCCCCC/C=C\CCCCCCCCCCC(=O)NC(COC1OC(CO)C(O)C(O)C1O)C(O)/C=C/CCCCCCCCCCCCCCC. The van der Waals surface area contributed by atoms with Crippen LogP contribution in [0.4, 0.5) is 0 Å². The Labute approximate surface area is 381 Å². The summed E-state index contributed by atoms with van der Waals surface area (Å²) in [5.41, 5.74) is 0. The standard InChI is InChI=1S/C53H101NO8/c1-3-5-7-9-11-13-15-17-19-20-21-22-23-24-25-26-27-29-31-33-35-37-39-41-43-49(57)54-46(45-61-53-52(60)51(59)50(58)48(44-55)62-53)47(56)42-40-38-36-34-32-30-28-18-16-14-12-10-8-6-4-2/h24-25,40,42,46-48,50-53,55-56,58-60H,3-23,26-39,41,43-45H2,1-2H3,(H,54,57)/b25-24-,42-40+. The molecule has 9 heteroatoms. The van der Waals surface area contributed by atoms with Crippen molar-refractivity contribution in [3.8, 4) is 0 Å². The van der Waals surface area contributed by atoms with E-state index in [1.807, 2.05) is 6.08 Å². The molecule has 0 aromatic carbocycles. The molecular formula is C53H101NO8. The second-order valence-electron chi connectivity index (χ2n) is 18.7. The summed E-state index contributed by atoms with van der Waals surface area (Å²) in [6.07, 6.45) is 46.6. The average Bonchev–Trinajstić information content (AvgIpc) is 3.27. The minimum Gasteiger partial charge on any atom is -0.394 e. The maximum atomic E-state index is 13.0. The Morgan fingerprint density at radius 2 is 0.903 bits per heavy atom. The van der Waals surface area contributed by atoms with E-state index in [0.717, 1.165) is 38.5 Å². The van der Waals surface area contributed by atoms with Crippen LogP contribution in [0.25, 0.3) is 0 Å². The number of ether oxygens (including phenoxy) is 2. The first-order valence-electron chi connectivity index (χ1n) is 26.6. The van der Waals surface area contributed by atoms with Crippen molar-refractivity contribution >= 4 is 5.91 Å².